The van der Waals surface area contributed by atoms with Crippen LogP contribution in [-0.4, -0.2) is 18.0 Å². The maximum absolute atomic E-state index is 13.0. The van der Waals surface area contributed by atoms with Crippen LogP contribution in [0.4, 0.5) is 0 Å². The molecule has 5 heteroatoms. The van der Waals surface area contributed by atoms with E-state index in [0.717, 1.165) is 24.2 Å². The van der Waals surface area contributed by atoms with Crippen molar-refractivity contribution in [1.29, 1.82) is 0 Å². The third-order valence-electron chi connectivity index (χ3n) is 4.82. The average molecular weight is 325 g/mol. The lowest BCUT2D eigenvalue weighted by atomic mass is 9.72. The van der Waals surface area contributed by atoms with Crippen molar-refractivity contribution in [2.24, 2.45) is 11.8 Å². The number of nitrogens with zero attached hydrogens (tertiary/aromatic N) is 1. The van der Waals surface area contributed by atoms with Crippen molar-refractivity contribution in [3.05, 3.63) is 59.1 Å². The van der Waals surface area contributed by atoms with Crippen LogP contribution in [0.3, 0.4) is 0 Å². The van der Waals surface area contributed by atoms with Gasteiger partial charge in [0.05, 0.1) is 13.0 Å². The number of ketones is 1. The molecule has 0 saturated carbocycles. The first-order valence-corrected chi connectivity index (χ1v) is 8.21. The van der Waals surface area contributed by atoms with Crippen LogP contribution in [0.1, 0.15) is 34.5 Å². The highest BCUT2D eigenvalue weighted by molar-refractivity contribution is 6.03. The molecule has 24 heavy (non-hydrogen) atoms. The lowest BCUT2D eigenvalue weighted by molar-refractivity contribution is 0.0780. The number of rotatable bonds is 4. The van der Waals surface area contributed by atoms with Gasteiger partial charge in [-0.25, -0.2) is 0 Å². The van der Waals surface area contributed by atoms with Gasteiger partial charge in [-0.1, -0.05) is 30.3 Å². The number of fused-ring (bicyclic) bond motifs is 2. The first-order chi connectivity index (χ1) is 11.8. The molecule has 0 spiro atoms. The molecule has 4 rings (SSSR count). The highest BCUT2D eigenvalue weighted by atomic mass is 16.5. The van der Waals surface area contributed by atoms with Gasteiger partial charge in [-0.05, 0) is 35.6 Å². The molecule has 0 saturated heterocycles. The van der Waals surface area contributed by atoms with Gasteiger partial charge in [-0.2, -0.15) is 0 Å². The topological polar surface area (TPSA) is 61.6 Å². The summed E-state index contributed by atoms with van der Waals surface area (Å²) in [5.74, 6) is 1.67. The van der Waals surface area contributed by atoms with E-state index in [1.54, 1.807) is 7.11 Å². The van der Waals surface area contributed by atoms with Crippen molar-refractivity contribution in [3.63, 3.8) is 0 Å². The van der Waals surface area contributed by atoms with Crippen LogP contribution in [0.15, 0.2) is 46.7 Å². The number of carbonyl (C=O) groups is 1. The quantitative estimate of drug-likeness (QED) is 0.860. The lowest BCUT2D eigenvalue weighted by Crippen LogP contribution is -2.34. The van der Waals surface area contributed by atoms with E-state index in [9.17, 15) is 4.79 Å². The fourth-order valence-corrected chi connectivity index (χ4v) is 3.65. The number of Topliss-reactive ketones (excluding diaryl/α,β-unsaturated/α-hetero) is 1. The van der Waals surface area contributed by atoms with E-state index in [1.165, 1.54) is 0 Å². The fourth-order valence-electron chi connectivity index (χ4n) is 3.65. The second kappa shape index (κ2) is 6.15. The third-order valence-corrected chi connectivity index (χ3v) is 4.82. The number of carbonyl (C=O) groups excluding carboxylic acids is 1. The number of ether oxygens (including phenoxy) is 2. The Morgan fingerprint density at radius 1 is 1.29 bits per heavy atom. The summed E-state index contributed by atoms with van der Waals surface area (Å²) < 4.78 is 16.6. The maximum Gasteiger partial charge on any atom is 0.265 e. The van der Waals surface area contributed by atoms with E-state index in [-0.39, 0.29) is 17.6 Å². The molecule has 2 aliphatic rings. The van der Waals surface area contributed by atoms with Crippen LogP contribution in [-0.2, 0) is 17.8 Å². The summed E-state index contributed by atoms with van der Waals surface area (Å²) in [4.78, 5) is 13.0. The van der Waals surface area contributed by atoms with E-state index in [0.29, 0.717) is 30.2 Å². The smallest absolute Gasteiger partial charge is 0.265 e. The Morgan fingerprint density at radius 2 is 2.12 bits per heavy atom. The Bertz CT molecular complexity index is 778. The molecule has 1 aromatic heterocycles. The molecule has 0 amide bonds. The molecule has 1 heterocycles. The van der Waals surface area contributed by atoms with Gasteiger partial charge in [0, 0.05) is 6.42 Å². The Kier molecular flexibility index (Phi) is 3.84. The monoisotopic (exact) mass is 325 g/mol. The zero-order valence-corrected chi connectivity index (χ0v) is 13.5. The SMILES string of the molecule is COC1=CCCC2Cc3onc(OCc4ccccc4)c3C(=O)C12. The summed E-state index contributed by atoms with van der Waals surface area (Å²) in [7, 11) is 1.62. The summed E-state index contributed by atoms with van der Waals surface area (Å²) in [6.07, 6.45) is 4.61. The molecule has 2 atom stereocenters. The third kappa shape index (κ3) is 2.50. The van der Waals surface area contributed by atoms with Gasteiger partial charge in [0.2, 0.25) is 0 Å². The molecule has 1 aromatic carbocycles. The van der Waals surface area contributed by atoms with Crippen LogP contribution in [0.2, 0.25) is 0 Å². The lowest BCUT2D eigenvalue weighted by Gasteiger charge is -2.33. The summed E-state index contributed by atoms with van der Waals surface area (Å²) >= 11 is 0. The van der Waals surface area contributed by atoms with Crippen LogP contribution in [0.25, 0.3) is 0 Å². The van der Waals surface area contributed by atoms with Gasteiger partial charge in [-0.15, -0.1) is 0 Å². The Balaban J connectivity index is 1.60. The molecular formula is C19H19NO4. The van der Waals surface area contributed by atoms with Crippen molar-refractivity contribution in [2.45, 2.75) is 25.9 Å². The molecule has 0 bridgehead atoms. The maximum atomic E-state index is 13.0. The first-order valence-electron chi connectivity index (χ1n) is 8.21. The predicted molar refractivity (Wildman–Crippen MR) is 86.6 cm³/mol. The molecule has 5 nitrogen and oxygen atoms in total. The molecule has 2 aromatic rings. The number of hydrogen-bond acceptors (Lipinski definition) is 5. The number of allylic oxidation sites excluding steroid dienone is 2. The predicted octanol–water partition coefficient (Wildman–Crippen LogP) is 3.55. The van der Waals surface area contributed by atoms with Gasteiger partial charge < -0.3 is 14.0 Å². The average Bonchev–Trinajstić information content (AvgIpc) is 3.03. The second-order valence-corrected chi connectivity index (χ2v) is 6.25. The van der Waals surface area contributed by atoms with Gasteiger partial charge in [0.1, 0.15) is 17.9 Å². The van der Waals surface area contributed by atoms with Gasteiger partial charge in [0.15, 0.2) is 11.5 Å². The van der Waals surface area contributed by atoms with Gasteiger partial charge >= 0.3 is 0 Å². The molecule has 0 N–H and O–H groups in total. The number of aromatic nitrogens is 1. The molecule has 2 aliphatic carbocycles. The van der Waals surface area contributed by atoms with Crippen molar-refractivity contribution in [2.75, 3.05) is 7.11 Å². The zero-order chi connectivity index (χ0) is 16.5. The highest BCUT2D eigenvalue weighted by Crippen LogP contribution is 2.43. The van der Waals surface area contributed by atoms with Gasteiger partial charge in [0.25, 0.3) is 5.88 Å². The standard InChI is InChI=1S/C19H19NO4/c1-22-14-9-5-8-13-10-15-17(18(21)16(13)14)19(20-24-15)23-11-12-6-3-2-4-7-12/h2-4,6-7,9,13,16H,5,8,10-11H2,1H3. The minimum absolute atomic E-state index is 0.00152. The highest BCUT2D eigenvalue weighted by Gasteiger charge is 2.44. The Labute approximate surface area is 140 Å². The second-order valence-electron chi connectivity index (χ2n) is 6.25. The van der Waals surface area contributed by atoms with Crippen molar-refractivity contribution in [3.8, 4) is 5.88 Å². The molecule has 0 aliphatic heterocycles. The van der Waals surface area contributed by atoms with E-state index < -0.39 is 0 Å². The normalized spacial score (nSPS) is 22.4. The van der Waals surface area contributed by atoms with Gasteiger partial charge in [-0.3, -0.25) is 4.79 Å². The molecule has 0 fully saturated rings. The molecule has 124 valence electrons. The summed E-state index contributed by atoms with van der Waals surface area (Å²) in [6.45, 7) is 0.355. The summed E-state index contributed by atoms with van der Waals surface area (Å²) in [6, 6.07) is 9.79. The molecule has 0 radical (unpaired) electrons. The van der Waals surface area contributed by atoms with E-state index >= 15 is 0 Å². The molecule has 2 unspecified atom stereocenters. The first kappa shape index (κ1) is 15.0. The number of benzene rings is 1. The number of hydrogen-bond donors (Lipinski definition) is 0. The van der Waals surface area contributed by atoms with Crippen molar-refractivity contribution < 1.29 is 18.8 Å². The van der Waals surface area contributed by atoms with E-state index in [1.807, 2.05) is 36.4 Å². The van der Waals surface area contributed by atoms with E-state index in [2.05, 4.69) is 5.16 Å². The fraction of sp³-hybridized carbons (Fsp3) is 0.368. The minimum atomic E-state index is -0.241. The Hall–Kier alpha value is -2.56. The van der Waals surface area contributed by atoms with Crippen LogP contribution in [0, 0.1) is 11.8 Å². The van der Waals surface area contributed by atoms with Crippen molar-refractivity contribution >= 4 is 5.78 Å². The molecular weight excluding hydrogens is 306 g/mol. The largest absolute Gasteiger partial charge is 0.501 e. The Morgan fingerprint density at radius 3 is 2.92 bits per heavy atom. The van der Waals surface area contributed by atoms with Crippen LogP contribution >= 0.6 is 0 Å². The summed E-state index contributed by atoms with van der Waals surface area (Å²) in [5, 5.41) is 3.99. The van der Waals surface area contributed by atoms with Crippen LogP contribution < -0.4 is 4.74 Å². The summed E-state index contributed by atoms with van der Waals surface area (Å²) in [5.41, 5.74) is 1.50. The number of methoxy groups -OCH3 is 1. The zero-order valence-electron chi connectivity index (χ0n) is 13.5. The van der Waals surface area contributed by atoms with E-state index in [4.69, 9.17) is 14.0 Å². The van der Waals surface area contributed by atoms with Crippen LogP contribution in [0.5, 0.6) is 5.88 Å². The minimum Gasteiger partial charge on any atom is -0.501 e. The van der Waals surface area contributed by atoms with Crippen molar-refractivity contribution in [1.82, 2.24) is 5.16 Å².